The zero-order valence-electron chi connectivity index (χ0n) is 32.0. The number of carboxylic acids is 1. The molecule has 0 spiro atoms. The molecule has 278 valence electrons. The van der Waals surface area contributed by atoms with Gasteiger partial charge in [-0.3, -0.25) is 0 Å². The molecule has 4 aromatic carbocycles. The van der Waals surface area contributed by atoms with Crippen molar-refractivity contribution >= 4 is 33.7 Å². The van der Waals surface area contributed by atoms with Gasteiger partial charge in [0.15, 0.2) is 11.6 Å². The number of hydrogen-bond acceptors (Lipinski definition) is 5. The highest BCUT2D eigenvalue weighted by Crippen LogP contribution is 2.36. The molecule has 8 nitrogen and oxygen atoms in total. The summed E-state index contributed by atoms with van der Waals surface area (Å²) >= 11 is 0. The third kappa shape index (κ3) is 7.83. The van der Waals surface area contributed by atoms with E-state index in [4.69, 9.17) is 9.47 Å². The summed E-state index contributed by atoms with van der Waals surface area (Å²) < 4.78 is 42.2. The summed E-state index contributed by atoms with van der Waals surface area (Å²) in [6.07, 6.45) is 4.03. The van der Waals surface area contributed by atoms with Crippen LogP contribution in [-0.2, 0) is 11.3 Å². The predicted molar refractivity (Wildman–Crippen MR) is 207 cm³/mol. The van der Waals surface area contributed by atoms with Crippen molar-refractivity contribution in [3.63, 3.8) is 0 Å². The molecule has 0 atom stereocenters. The van der Waals surface area contributed by atoms with Crippen molar-refractivity contribution in [1.82, 2.24) is 14.0 Å². The fourth-order valence-electron chi connectivity index (χ4n) is 6.86. The second-order valence-corrected chi connectivity index (χ2v) is 14.2. The number of nitrogens with zero attached hydrogens (tertiary/aromatic N) is 3. The van der Waals surface area contributed by atoms with Gasteiger partial charge in [0, 0.05) is 58.4 Å². The fourth-order valence-corrected chi connectivity index (χ4v) is 6.86. The monoisotopic (exact) mass is 723 g/mol. The number of ether oxygens (including phenoxy) is 2. The maximum atomic E-state index is 14.2. The Morgan fingerprint density at radius 3 is 1.68 bits per heavy atom. The highest BCUT2D eigenvalue weighted by molar-refractivity contribution is 6.08. The molecular weight excluding hydrogens is 676 g/mol. The molecule has 0 amide bonds. The molecule has 0 saturated heterocycles. The van der Waals surface area contributed by atoms with Crippen molar-refractivity contribution in [2.75, 3.05) is 28.3 Å². The number of esters is 1. The molecule has 2 aromatic heterocycles. The lowest BCUT2D eigenvalue weighted by Crippen LogP contribution is -2.12. The third-order valence-corrected chi connectivity index (χ3v) is 9.34. The van der Waals surface area contributed by atoms with Crippen LogP contribution < -0.4 is 4.74 Å². The van der Waals surface area contributed by atoms with E-state index in [1.54, 1.807) is 36.4 Å². The minimum absolute atomic E-state index is 0.164. The molecule has 1 N–H and O–H groups in total. The van der Waals surface area contributed by atoms with E-state index < -0.39 is 17.8 Å². The number of carboxylic acid groups (broad SMARTS) is 1. The van der Waals surface area contributed by atoms with Gasteiger partial charge in [-0.1, -0.05) is 12.1 Å². The Balaban J connectivity index is 0.000000204. The standard InChI is InChI=1S/C22H25FN2O2.C21H22FNO3/c1-13(2)25-11-14(3)21-18(22(26)27)9-16(10-20(21)25)15-6-7-19(23)17(8-15)12-24(4)5;1-12(2)23-11-13(3)20-16(21(24)26-5)8-15(9-18(20)23)14-6-7-17(22)19(10-14)25-4/h6-11,13H,12H2,1-5H3,(H,26,27);6-12H,1-5H3. The number of halogens is 2. The molecule has 10 heteroatoms. The largest absolute Gasteiger partial charge is 0.494 e. The number of aryl methyl sites for hydroxylation is 2. The van der Waals surface area contributed by atoms with Crippen LogP contribution in [0.2, 0.25) is 0 Å². The molecule has 0 aliphatic rings. The second-order valence-electron chi connectivity index (χ2n) is 14.2. The van der Waals surface area contributed by atoms with Crippen LogP contribution in [0.15, 0.2) is 73.1 Å². The number of hydrogen-bond donors (Lipinski definition) is 1. The fraction of sp³-hybridized carbons (Fsp3) is 0.302. The molecule has 6 aromatic rings. The van der Waals surface area contributed by atoms with E-state index in [0.717, 1.165) is 55.2 Å². The van der Waals surface area contributed by atoms with Crippen LogP contribution in [0.4, 0.5) is 8.78 Å². The van der Waals surface area contributed by atoms with Crippen LogP contribution in [0, 0.1) is 25.5 Å². The molecule has 2 heterocycles. The molecule has 53 heavy (non-hydrogen) atoms. The SMILES string of the molecule is COC(=O)c1cc(-c2ccc(F)c(OC)c2)cc2c1c(C)cn2C(C)C.Cc1cn(C(C)C)c2cc(-c3ccc(F)c(CN(C)C)c3)cc(C(=O)O)c12. The lowest BCUT2D eigenvalue weighted by atomic mass is 9.97. The van der Waals surface area contributed by atoms with Gasteiger partial charge < -0.3 is 28.6 Å². The number of methoxy groups -OCH3 is 2. The van der Waals surface area contributed by atoms with Crippen LogP contribution in [0.25, 0.3) is 44.1 Å². The van der Waals surface area contributed by atoms with Crippen molar-refractivity contribution in [3.05, 3.63) is 113 Å². The third-order valence-electron chi connectivity index (χ3n) is 9.34. The Hall–Kier alpha value is -5.48. The molecule has 0 aliphatic carbocycles. The smallest absolute Gasteiger partial charge is 0.338 e. The average molecular weight is 724 g/mol. The van der Waals surface area contributed by atoms with E-state index in [-0.39, 0.29) is 29.2 Å². The highest BCUT2D eigenvalue weighted by Gasteiger charge is 2.21. The van der Waals surface area contributed by atoms with Crippen LogP contribution in [0.5, 0.6) is 5.75 Å². The van der Waals surface area contributed by atoms with E-state index >= 15 is 0 Å². The van der Waals surface area contributed by atoms with Crippen LogP contribution >= 0.6 is 0 Å². The van der Waals surface area contributed by atoms with E-state index in [0.29, 0.717) is 17.7 Å². The quantitative estimate of drug-likeness (QED) is 0.150. The molecule has 0 bridgehead atoms. The summed E-state index contributed by atoms with van der Waals surface area (Å²) in [5, 5.41) is 11.4. The summed E-state index contributed by atoms with van der Waals surface area (Å²) in [6, 6.07) is 17.6. The van der Waals surface area contributed by atoms with E-state index in [1.807, 2.05) is 57.4 Å². The number of carbonyl (C=O) groups excluding carboxylic acids is 1. The maximum Gasteiger partial charge on any atom is 0.338 e. The zero-order valence-corrected chi connectivity index (χ0v) is 32.0. The number of benzene rings is 4. The van der Waals surface area contributed by atoms with Gasteiger partial charge in [0.1, 0.15) is 5.82 Å². The van der Waals surface area contributed by atoms with Crippen LogP contribution in [-0.4, -0.2) is 59.4 Å². The van der Waals surface area contributed by atoms with Gasteiger partial charge in [-0.15, -0.1) is 0 Å². The Bertz CT molecular complexity index is 2330. The molecule has 0 radical (unpaired) electrons. The predicted octanol–water partition coefficient (Wildman–Crippen LogP) is 10.2. The maximum absolute atomic E-state index is 14.2. The summed E-state index contributed by atoms with van der Waals surface area (Å²) in [5.74, 6) is -1.87. The average Bonchev–Trinajstić information content (AvgIpc) is 3.64. The Morgan fingerprint density at radius 2 is 1.21 bits per heavy atom. The van der Waals surface area contributed by atoms with Gasteiger partial charge in [-0.25, -0.2) is 18.4 Å². The van der Waals surface area contributed by atoms with Crippen LogP contribution in [0.1, 0.15) is 77.2 Å². The number of rotatable bonds is 9. The first-order valence-corrected chi connectivity index (χ1v) is 17.5. The van der Waals surface area contributed by atoms with Crippen molar-refractivity contribution in [2.45, 2.75) is 60.2 Å². The summed E-state index contributed by atoms with van der Waals surface area (Å²) in [4.78, 5) is 26.2. The van der Waals surface area contributed by atoms with Gasteiger partial charge in [0.2, 0.25) is 0 Å². The second kappa shape index (κ2) is 15.6. The van der Waals surface area contributed by atoms with Gasteiger partial charge >= 0.3 is 11.9 Å². The van der Waals surface area contributed by atoms with Crippen molar-refractivity contribution in [1.29, 1.82) is 0 Å². The van der Waals surface area contributed by atoms with Gasteiger partial charge in [-0.2, -0.15) is 0 Å². The molecule has 0 aliphatic heterocycles. The first-order chi connectivity index (χ1) is 25.1. The lowest BCUT2D eigenvalue weighted by Gasteiger charge is -2.14. The molecule has 6 rings (SSSR count). The summed E-state index contributed by atoms with van der Waals surface area (Å²) in [6.45, 7) is 12.7. The summed E-state index contributed by atoms with van der Waals surface area (Å²) in [5.41, 5.74) is 8.30. The number of fused-ring (bicyclic) bond motifs is 2. The Kier molecular flexibility index (Phi) is 11.4. The van der Waals surface area contributed by atoms with Crippen LogP contribution in [0.3, 0.4) is 0 Å². The zero-order chi connectivity index (χ0) is 38.9. The molecule has 0 unspecified atom stereocenters. The number of carbonyl (C=O) groups is 2. The van der Waals surface area contributed by atoms with Gasteiger partial charge in [0.25, 0.3) is 0 Å². The minimum atomic E-state index is -0.956. The summed E-state index contributed by atoms with van der Waals surface area (Å²) in [7, 11) is 6.58. The molecule has 0 fully saturated rings. The highest BCUT2D eigenvalue weighted by atomic mass is 19.1. The Morgan fingerprint density at radius 1 is 0.717 bits per heavy atom. The number of aromatic nitrogens is 2. The lowest BCUT2D eigenvalue weighted by molar-refractivity contribution is 0.0602. The first kappa shape index (κ1) is 38.7. The topological polar surface area (TPSA) is 85.9 Å². The van der Waals surface area contributed by atoms with Gasteiger partial charge in [0.05, 0.1) is 25.3 Å². The van der Waals surface area contributed by atoms with E-state index in [2.05, 4.69) is 36.8 Å². The first-order valence-electron chi connectivity index (χ1n) is 17.5. The minimum Gasteiger partial charge on any atom is -0.494 e. The van der Waals surface area contributed by atoms with E-state index in [1.165, 1.54) is 26.4 Å². The van der Waals surface area contributed by atoms with Gasteiger partial charge in [-0.05, 0) is 138 Å². The molecular formula is C43H47F2N3O5. The van der Waals surface area contributed by atoms with Crippen molar-refractivity contribution in [3.8, 4) is 28.0 Å². The van der Waals surface area contributed by atoms with Crippen molar-refractivity contribution in [2.24, 2.45) is 0 Å². The van der Waals surface area contributed by atoms with E-state index in [9.17, 15) is 23.5 Å². The Labute approximate surface area is 309 Å². The molecule has 0 saturated carbocycles. The van der Waals surface area contributed by atoms with Crippen molar-refractivity contribution < 1.29 is 33.0 Å². The number of aromatic carboxylic acids is 1. The normalized spacial score (nSPS) is 11.5.